The quantitative estimate of drug-likeness (QED) is 0.474. The normalized spacial score (nSPS) is 12.1. The number of benzene rings is 1. The van der Waals surface area contributed by atoms with Gasteiger partial charge < -0.3 is 9.30 Å². The Hall–Kier alpha value is -2.29. The molecule has 7 nitrogen and oxygen atoms in total. The highest BCUT2D eigenvalue weighted by Crippen LogP contribution is 2.20. The second kappa shape index (κ2) is 9.47. The maximum atomic E-state index is 13.0. The van der Waals surface area contributed by atoms with E-state index in [2.05, 4.69) is 14.5 Å². The molecule has 1 aromatic carbocycles. The molecule has 3 aromatic rings. The van der Waals surface area contributed by atoms with E-state index in [1.807, 2.05) is 39.0 Å². The molecule has 0 aliphatic heterocycles. The lowest BCUT2D eigenvalue weighted by Crippen LogP contribution is -2.34. The van der Waals surface area contributed by atoms with Gasteiger partial charge in [-0.05, 0) is 44.0 Å². The maximum Gasteiger partial charge on any atom is 0.243 e. The summed E-state index contributed by atoms with van der Waals surface area (Å²) in [6, 6.07) is 9.04. The summed E-state index contributed by atoms with van der Waals surface area (Å²) in [6.07, 6.45) is 4.25. The van der Waals surface area contributed by atoms with Crippen molar-refractivity contribution >= 4 is 21.1 Å². The molecule has 29 heavy (non-hydrogen) atoms. The third-order valence-corrected chi connectivity index (χ3v) is 6.72. The number of hydrogen-bond acceptors (Lipinski definition) is 5. The fourth-order valence-electron chi connectivity index (χ4n) is 3.31. The highest BCUT2D eigenvalue weighted by molar-refractivity contribution is 7.89. The minimum atomic E-state index is -3.54. The smallest absolute Gasteiger partial charge is 0.243 e. The van der Waals surface area contributed by atoms with Crippen LogP contribution in [0.2, 0.25) is 0 Å². The summed E-state index contributed by atoms with van der Waals surface area (Å²) < 4.78 is 35.0. The van der Waals surface area contributed by atoms with Gasteiger partial charge in [0.05, 0.1) is 23.2 Å². The summed E-state index contributed by atoms with van der Waals surface area (Å²) in [5.41, 5.74) is 2.88. The molecule has 0 saturated carbocycles. The van der Waals surface area contributed by atoms with Crippen LogP contribution in [0, 0.1) is 6.92 Å². The van der Waals surface area contributed by atoms with Crippen molar-refractivity contribution in [2.24, 2.45) is 0 Å². The van der Waals surface area contributed by atoms with Gasteiger partial charge in [-0.3, -0.25) is 4.98 Å². The van der Waals surface area contributed by atoms with E-state index in [4.69, 9.17) is 4.74 Å². The SMILES string of the molecule is CCCN(CCOCC)S(=O)(=O)c1ccc(Cn2c(C)nc3cnccc32)cc1. The van der Waals surface area contributed by atoms with Gasteiger partial charge in [0.1, 0.15) is 11.3 Å². The second-order valence-electron chi connectivity index (χ2n) is 6.85. The lowest BCUT2D eigenvalue weighted by atomic mass is 10.2. The molecule has 3 rings (SSSR count). The Morgan fingerprint density at radius 2 is 1.86 bits per heavy atom. The Balaban J connectivity index is 1.80. The van der Waals surface area contributed by atoms with Crippen LogP contribution in [0.25, 0.3) is 11.0 Å². The van der Waals surface area contributed by atoms with Crippen molar-refractivity contribution in [3.05, 3.63) is 54.1 Å². The summed E-state index contributed by atoms with van der Waals surface area (Å²) >= 11 is 0. The van der Waals surface area contributed by atoms with E-state index < -0.39 is 10.0 Å². The van der Waals surface area contributed by atoms with Gasteiger partial charge in [0.25, 0.3) is 0 Å². The molecule has 0 fully saturated rings. The minimum Gasteiger partial charge on any atom is -0.380 e. The maximum absolute atomic E-state index is 13.0. The number of aryl methyl sites for hydroxylation is 1. The van der Waals surface area contributed by atoms with Gasteiger partial charge in [-0.2, -0.15) is 4.31 Å². The summed E-state index contributed by atoms with van der Waals surface area (Å²) in [6.45, 7) is 8.27. The Kier molecular flexibility index (Phi) is 7.00. The molecule has 0 aliphatic rings. The first-order valence-corrected chi connectivity index (χ1v) is 11.3. The van der Waals surface area contributed by atoms with Crippen LogP contribution in [0.5, 0.6) is 0 Å². The monoisotopic (exact) mass is 416 g/mol. The molecular formula is C21H28N4O3S. The average Bonchev–Trinajstić information content (AvgIpc) is 3.03. The van der Waals surface area contributed by atoms with E-state index in [0.29, 0.717) is 37.7 Å². The topological polar surface area (TPSA) is 77.3 Å². The predicted octanol–water partition coefficient (Wildman–Crippen LogP) is 3.23. The van der Waals surface area contributed by atoms with E-state index in [-0.39, 0.29) is 0 Å². The van der Waals surface area contributed by atoms with Gasteiger partial charge >= 0.3 is 0 Å². The number of pyridine rings is 1. The standard InChI is InChI=1S/C21H28N4O3S/c1-4-12-24(13-14-28-5-2)29(26,27)19-8-6-18(7-9-19)16-25-17(3)23-20-15-22-11-10-21(20)25/h6-11,15H,4-5,12-14,16H2,1-3H3. The van der Waals surface area contributed by atoms with Crippen molar-refractivity contribution in [2.45, 2.75) is 38.6 Å². The first-order chi connectivity index (χ1) is 14.0. The molecule has 0 radical (unpaired) electrons. The molecule has 0 unspecified atom stereocenters. The molecule has 0 N–H and O–H groups in total. The number of imidazole rings is 1. The van der Waals surface area contributed by atoms with E-state index in [9.17, 15) is 8.42 Å². The Morgan fingerprint density at radius 1 is 1.10 bits per heavy atom. The number of aromatic nitrogens is 3. The van der Waals surface area contributed by atoms with Gasteiger partial charge in [-0.15, -0.1) is 0 Å². The van der Waals surface area contributed by atoms with Gasteiger partial charge in [0, 0.05) is 32.4 Å². The third kappa shape index (κ3) is 4.83. The van der Waals surface area contributed by atoms with Gasteiger partial charge in [-0.1, -0.05) is 19.1 Å². The first kappa shape index (κ1) is 21.4. The molecule has 0 atom stereocenters. The Bertz CT molecular complexity index is 1050. The lowest BCUT2D eigenvalue weighted by Gasteiger charge is -2.21. The summed E-state index contributed by atoms with van der Waals surface area (Å²) in [5, 5.41) is 0. The largest absolute Gasteiger partial charge is 0.380 e. The first-order valence-electron chi connectivity index (χ1n) is 9.91. The van der Waals surface area contributed by atoms with Crippen molar-refractivity contribution in [1.29, 1.82) is 0 Å². The second-order valence-corrected chi connectivity index (χ2v) is 8.79. The number of sulfonamides is 1. The lowest BCUT2D eigenvalue weighted by molar-refractivity contribution is 0.134. The van der Waals surface area contributed by atoms with Crippen LogP contribution in [-0.2, 0) is 21.3 Å². The fraction of sp³-hybridized carbons (Fsp3) is 0.429. The van der Waals surface area contributed by atoms with Crippen molar-refractivity contribution < 1.29 is 13.2 Å². The molecule has 0 spiro atoms. The summed E-state index contributed by atoms with van der Waals surface area (Å²) in [5.74, 6) is 0.898. The van der Waals surface area contributed by atoms with E-state index in [1.165, 1.54) is 4.31 Å². The van der Waals surface area contributed by atoms with Gasteiger partial charge in [-0.25, -0.2) is 13.4 Å². The molecule has 0 bridgehead atoms. The number of nitrogens with zero attached hydrogens (tertiary/aromatic N) is 4. The van der Waals surface area contributed by atoms with Crippen LogP contribution in [-0.4, -0.2) is 53.6 Å². The third-order valence-electron chi connectivity index (χ3n) is 4.81. The van der Waals surface area contributed by atoms with Crippen molar-refractivity contribution in [3.63, 3.8) is 0 Å². The molecular weight excluding hydrogens is 388 g/mol. The number of hydrogen-bond donors (Lipinski definition) is 0. The molecule has 0 saturated heterocycles. The molecule has 156 valence electrons. The van der Waals surface area contributed by atoms with E-state index in [1.54, 1.807) is 24.5 Å². The zero-order valence-corrected chi connectivity index (χ0v) is 18.0. The van der Waals surface area contributed by atoms with Gasteiger partial charge in [0.2, 0.25) is 10.0 Å². The Morgan fingerprint density at radius 3 is 2.55 bits per heavy atom. The number of rotatable bonds is 10. The van der Waals surface area contributed by atoms with Gasteiger partial charge in [0.15, 0.2) is 0 Å². The number of fused-ring (bicyclic) bond motifs is 1. The molecule has 8 heteroatoms. The number of ether oxygens (including phenoxy) is 1. The van der Waals surface area contributed by atoms with Crippen molar-refractivity contribution in [1.82, 2.24) is 18.8 Å². The summed E-state index contributed by atoms with van der Waals surface area (Å²) in [7, 11) is -3.54. The van der Waals surface area contributed by atoms with Crippen LogP contribution >= 0.6 is 0 Å². The Labute approximate surface area is 172 Å². The molecule has 2 aromatic heterocycles. The highest BCUT2D eigenvalue weighted by atomic mass is 32.2. The zero-order valence-electron chi connectivity index (χ0n) is 17.2. The highest BCUT2D eigenvalue weighted by Gasteiger charge is 2.23. The molecule has 0 aliphatic carbocycles. The van der Waals surface area contributed by atoms with Crippen LogP contribution in [0.4, 0.5) is 0 Å². The minimum absolute atomic E-state index is 0.308. The average molecular weight is 417 g/mol. The van der Waals surface area contributed by atoms with Crippen LogP contribution in [0.1, 0.15) is 31.7 Å². The summed E-state index contributed by atoms with van der Waals surface area (Å²) in [4.78, 5) is 8.95. The zero-order chi connectivity index (χ0) is 20.9. The van der Waals surface area contributed by atoms with Crippen molar-refractivity contribution in [3.8, 4) is 0 Å². The van der Waals surface area contributed by atoms with Crippen LogP contribution in [0.15, 0.2) is 47.6 Å². The molecule has 2 heterocycles. The van der Waals surface area contributed by atoms with Crippen molar-refractivity contribution in [2.75, 3.05) is 26.3 Å². The van der Waals surface area contributed by atoms with Crippen LogP contribution in [0.3, 0.4) is 0 Å². The van der Waals surface area contributed by atoms with E-state index >= 15 is 0 Å². The fourth-order valence-corrected chi connectivity index (χ4v) is 4.83. The van der Waals surface area contributed by atoms with E-state index in [0.717, 1.165) is 28.8 Å². The molecule has 0 amide bonds. The van der Waals surface area contributed by atoms with Crippen LogP contribution < -0.4 is 0 Å². The predicted molar refractivity (Wildman–Crippen MR) is 113 cm³/mol.